The highest BCUT2D eigenvalue weighted by atomic mass is 16.5. The molecule has 2 amide bonds. The fourth-order valence-corrected chi connectivity index (χ4v) is 0.612. The summed E-state index contributed by atoms with van der Waals surface area (Å²) in [6, 6.07) is -0.377. The fraction of sp³-hybridized carbons (Fsp3) is 0.714. The lowest BCUT2D eigenvalue weighted by Gasteiger charge is -2.05. The third kappa shape index (κ3) is 8.61. The maximum atomic E-state index is 10.8. The second-order valence-electron chi connectivity index (χ2n) is 2.32. The van der Waals surface area contributed by atoms with Crippen LogP contribution in [0, 0.1) is 0 Å². The Morgan fingerprint density at radius 3 is 2.46 bits per heavy atom. The van der Waals surface area contributed by atoms with E-state index >= 15 is 0 Å². The topological polar surface area (TPSA) is 87.7 Å². The summed E-state index contributed by atoms with van der Waals surface area (Å²) >= 11 is 0. The van der Waals surface area contributed by atoms with Crippen molar-refractivity contribution in [3.05, 3.63) is 0 Å². The van der Waals surface area contributed by atoms with E-state index < -0.39 is 5.97 Å². The van der Waals surface area contributed by atoms with Crippen molar-refractivity contribution in [3.63, 3.8) is 0 Å². The molecule has 0 spiro atoms. The van der Waals surface area contributed by atoms with E-state index in [0.29, 0.717) is 13.2 Å². The lowest BCUT2D eigenvalue weighted by molar-refractivity contribution is -0.136. The third-order valence-corrected chi connectivity index (χ3v) is 1.22. The van der Waals surface area contributed by atoms with Gasteiger partial charge in [0.05, 0.1) is 13.0 Å². The number of carboxylic acids is 1. The summed E-state index contributed by atoms with van der Waals surface area (Å²) in [7, 11) is 1.53. The van der Waals surface area contributed by atoms with E-state index in [1.165, 1.54) is 7.11 Å². The molecule has 0 unspecified atom stereocenters. The van der Waals surface area contributed by atoms with Gasteiger partial charge in [0, 0.05) is 20.2 Å². The Morgan fingerprint density at radius 2 is 1.92 bits per heavy atom. The standard InChI is InChI=1S/C7H14N2O4/c1-13-5-4-9-7(12)8-3-2-6(10)11/h2-5H2,1H3,(H,10,11)(H2,8,9,12). The molecule has 0 aromatic rings. The molecule has 0 rings (SSSR count). The second kappa shape index (κ2) is 7.35. The van der Waals surface area contributed by atoms with E-state index in [4.69, 9.17) is 9.84 Å². The van der Waals surface area contributed by atoms with E-state index in [-0.39, 0.29) is 19.0 Å². The summed E-state index contributed by atoms with van der Waals surface area (Å²) in [6.45, 7) is 0.982. The monoisotopic (exact) mass is 190 g/mol. The van der Waals surface area contributed by atoms with Crippen LogP contribution in [0.3, 0.4) is 0 Å². The molecule has 0 radical (unpaired) electrons. The largest absolute Gasteiger partial charge is 0.481 e. The van der Waals surface area contributed by atoms with Crippen LogP contribution in [0.4, 0.5) is 4.79 Å². The lowest BCUT2D eigenvalue weighted by atomic mass is 10.4. The Hall–Kier alpha value is -1.30. The quantitative estimate of drug-likeness (QED) is 0.488. The van der Waals surface area contributed by atoms with Gasteiger partial charge in [0.1, 0.15) is 0 Å². The molecule has 6 nitrogen and oxygen atoms in total. The van der Waals surface area contributed by atoms with Gasteiger partial charge in [0.15, 0.2) is 0 Å². The van der Waals surface area contributed by atoms with Crippen molar-refractivity contribution in [2.45, 2.75) is 6.42 Å². The highest BCUT2D eigenvalue weighted by molar-refractivity contribution is 5.74. The maximum Gasteiger partial charge on any atom is 0.314 e. The number of nitrogens with one attached hydrogen (secondary N) is 2. The number of aliphatic carboxylic acids is 1. The Morgan fingerprint density at radius 1 is 1.31 bits per heavy atom. The molecule has 0 aromatic carbocycles. The van der Waals surface area contributed by atoms with Crippen LogP contribution in [-0.2, 0) is 9.53 Å². The summed E-state index contributed by atoms with van der Waals surface area (Å²) in [4.78, 5) is 20.9. The molecular formula is C7H14N2O4. The van der Waals surface area contributed by atoms with Crippen LogP contribution in [0.1, 0.15) is 6.42 Å². The van der Waals surface area contributed by atoms with Crippen LogP contribution in [0.5, 0.6) is 0 Å². The van der Waals surface area contributed by atoms with Gasteiger partial charge >= 0.3 is 12.0 Å². The van der Waals surface area contributed by atoms with Gasteiger partial charge in [-0.3, -0.25) is 4.79 Å². The van der Waals surface area contributed by atoms with Gasteiger partial charge in [0.25, 0.3) is 0 Å². The predicted molar refractivity (Wildman–Crippen MR) is 45.5 cm³/mol. The molecule has 0 heterocycles. The maximum absolute atomic E-state index is 10.8. The predicted octanol–water partition coefficient (Wildman–Crippen LogP) is -0.593. The molecule has 0 fully saturated rings. The Kier molecular flexibility index (Phi) is 6.62. The number of hydrogen-bond acceptors (Lipinski definition) is 3. The number of methoxy groups -OCH3 is 1. The van der Waals surface area contributed by atoms with Crippen LogP contribution in [-0.4, -0.2) is 43.9 Å². The van der Waals surface area contributed by atoms with Crippen LogP contribution in [0.2, 0.25) is 0 Å². The minimum atomic E-state index is -0.933. The highest BCUT2D eigenvalue weighted by Gasteiger charge is 2.00. The van der Waals surface area contributed by atoms with Crippen molar-refractivity contribution in [2.75, 3.05) is 26.8 Å². The number of carbonyl (C=O) groups excluding carboxylic acids is 1. The Labute approximate surface area is 76.3 Å². The smallest absolute Gasteiger partial charge is 0.314 e. The SMILES string of the molecule is COCCNC(=O)NCCC(=O)O. The van der Waals surface area contributed by atoms with Crippen LogP contribution in [0.25, 0.3) is 0 Å². The number of carbonyl (C=O) groups is 2. The average molecular weight is 190 g/mol. The number of carboxylic acid groups (broad SMARTS) is 1. The van der Waals surface area contributed by atoms with Gasteiger partial charge < -0.3 is 20.5 Å². The normalized spacial score (nSPS) is 9.31. The first-order chi connectivity index (χ1) is 6.16. The molecule has 0 aromatic heterocycles. The van der Waals surface area contributed by atoms with Gasteiger partial charge in [-0.15, -0.1) is 0 Å². The van der Waals surface area contributed by atoms with Crippen molar-refractivity contribution in [2.24, 2.45) is 0 Å². The van der Waals surface area contributed by atoms with E-state index in [0.717, 1.165) is 0 Å². The molecule has 0 saturated heterocycles. The van der Waals surface area contributed by atoms with E-state index in [1.54, 1.807) is 0 Å². The molecule has 0 atom stereocenters. The molecule has 3 N–H and O–H groups in total. The average Bonchev–Trinajstić information content (AvgIpc) is 2.04. The van der Waals surface area contributed by atoms with Crippen molar-refractivity contribution in [1.82, 2.24) is 10.6 Å². The molecule has 6 heteroatoms. The Balaban J connectivity index is 3.25. The molecule has 13 heavy (non-hydrogen) atoms. The van der Waals surface area contributed by atoms with Gasteiger partial charge in [-0.05, 0) is 0 Å². The first-order valence-corrected chi connectivity index (χ1v) is 3.89. The first kappa shape index (κ1) is 11.7. The summed E-state index contributed by atoms with van der Waals surface area (Å²) in [6.07, 6.45) is -0.0717. The van der Waals surface area contributed by atoms with Gasteiger partial charge in [-0.2, -0.15) is 0 Å². The number of urea groups is 1. The minimum Gasteiger partial charge on any atom is -0.481 e. The van der Waals surface area contributed by atoms with Gasteiger partial charge in [0.2, 0.25) is 0 Å². The molecule has 0 aliphatic heterocycles. The van der Waals surface area contributed by atoms with E-state index in [9.17, 15) is 9.59 Å². The third-order valence-electron chi connectivity index (χ3n) is 1.22. The zero-order valence-corrected chi connectivity index (χ0v) is 7.50. The van der Waals surface area contributed by atoms with Crippen LogP contribution >= 0.6 is 0 Å². The van der Waals surface area contributed by atoms with Gasteiger partial charge in [-0.1, -0.05) is 0 Å². The first-order valence-electron chi connectivity index (χ1n) is 3.89. The summed E-state index contributed by atoms with van der Waals surface area (Å²) in [5, 5.41) is 13.1. The van der Waals surface area contributed by atoms with Gasteiger partial charge in [-0.25, -0.2) is 4.79 Å². The van der Waals surface area contributed by atoms with Crippen molar-refractivity contribution >= 4 is 12.0 Å². The zero-order valence-electron chi connectivity index (χ0n) is 7.50. The number of amides is 2. The van der Waals surface area contributed by atoms with Crippen molar-refractivity contribution in [1.29, 1.82) is 0 Å². The molecule has 0 bridgehead atoms. The highest BCUT2D eigenvalue weighted by Crippen LogP contribution is 1.75. The van der Waals surface area contributed by atoms with Crippen LogP contribution in [0.15, 0.2) is 0 Å². The summed E-state index contributed by atoms with van der Waals surface area (Å²) in [5.74, 6) is -0.933. The van der Waals surface area contributed by atoms with E-state index in [2.05, 4.69) is 10.6 Å². The van der Waals surface area contributed by atoms with Crippen molar-refractivity contribution in [3.8, 4) is 0 Å². The number of hydrogen-bond donors (Lipinski definition) is 3. The fourth-order valence-electron chi connectivity index (χ4n) is 0.612. The van der Waals surface area contributed by atoms with E-state index in [1.807, 2.05) is 0 Å². The zero-order chi connectivity index (χ0) is 10.1. The summed E-state index contributed by atoms with van der Waals surface area (Å²) in [5.41, 5.74) is 0. The number of rotatable bonds is 6. The minimum absolute atomic E-state index is 0.0717. The molecule has 0 saturated carbocycles. The molecule has 76 valence electrons. The van der Waals surface area contributed by atoms with Crippen molar-refractivity contribution < 1.29 is 19.4 Å². The summed E-state index contributed by atoms with van der Waals surface area (Å²) < 4.78 is 4.70. The van der Waals surface area contributed by atoms with Crippen LogP contribution < -0.4 is 10.6 Å². The second-order valence-corrected chi connectivity index (χ2v) is 2.32. The molecule has 0 aliphatic carbocycles. The molecule has 0 aliphatic rings. The molecular weight excluding hydrogens is 176 g/mol. The lowest BCUT2D eigenvalue weighted by Crippen LogP contribution is -2.38. The Bertz CT molecular complexity index is 172. The number of ether oxygens (including phenoxy) is 1.